The Bertz CT molecular complexity index is 667. The average Bonchev–Trinajstić information content (AvgIpc) is 2.89. The lowest BCUT2D eigenvalue weighted by Crippen LogP contribution is -2.49. The van der Waals surface area contributed by atoms with Gasteiger partial charge in [-0.05, 0) is 37.0 Å². The van der Waals surface area contributed by atoms with Gasteiger partial charge in [0.05, 0.1) is 12.6 Å². The molecule has 0 spiro atoms. The summed E-state index contributed by atoms with van der Waals surface area (Å²) < 4.78 is 0.982. The highest BCUT2D eigenvalue weighted by Gasteiger charge is 2.32. The number of piperidine rings is 1. The van der Waals surface area contributed by atoms with E-state index in [-0.39, 0.29) is 18.6 Å². The number of carbonyl (C=O) groups is 1. The number of hydrogen-bond acceptors (Lipinski definition) is 2. The van der Waals surface area contributed by atoms with Crippen molar-refractivity contribution in [3.8, 4) is 0 Å². The molecule has 0 aliphatic carbocycles. The standard InChI is InChI=1S/C16H19BrN2O2/c1-10-3-2-6-19(15(10)9-20)16(21)14-7-11-4-5-12(17)8-13(11)18-14/h4-5,7-8,10,15,18,20H,2-3,6,9H2,1H3. The third kappa shape index (κ3) is 2.72. The fourth-order valence-corrected chi connectivity index (χ4v) is 3.51. The molecule has 3 rings (SSSR count). The van der Waals surface area contributed by atoms with Crippen molar-refractivity contribution in [3.05, 3.63) is 34.4 Å². The summed E-state index contributed by atoms with van der Waals surface area (Å²) in [6.07, 6.45) is 2.06. The van der Waals surface area contributed by atoms with E-state index in [0.29, 0.717) is 18.2 Å². The van der Waals surface area contributed by atoms with E-state index >= 15 is 0 Å². The average molecular weight is 351 g/mol. The fourth-order valence-electron chi connectivity index (χ4n) is 3.15. The molecule has 1 amide bonds. The first-order valence-corrected chi connectivity index (χ1v) is 8.09. The fraction of sp³-hybridized carbons (Fsp3) is 0.438. The van der Waals surface area contributed by atoms with E-state index in [0.717, 1.165) is 28.2 Å². The number of likely N-dealkylation sites (tertiary alicyclic amines) is 1. The molecule has 2 unspecified atom stereocenters. The molecule has 1 aliphatic rings. The number of benzene rings is 1. The van der Waals surface area contributed by atoms with Gasteiger partial charge in [-0.3, -0.25) is 4.79 Å². The van der Waals surface area contributed by atoms with Crippen molar-refractivity contribution in [1.29, 1.82) is 0 Å². The molecule has 1 fully saturated rings. The van der Waals surface area contributed by atoms with Gasteiger partial charge in [0, 0.05) is 21.9 Å². The molecule has 21 heavy (non-hydrogen) atoms. The Morgan fingerprint density at radius 1 is 1.48 bits per heavy atom. The van der Waals surface area contributed by atoms with Crippen LogP contribution in [0.1, 0.15) is 30.3 Å². The van der Waals surface area contributed by atoms with Crippen LogP contribution in [0.2, 0.25) is 0 Å². The minimum absolute atomic E-state index is 0.0204. The van der Waals surface area contributed by atoms with Crippen LogP contribution in [-0.4, -0.2) is 40.1 Å². The van der Waals surface area contributed by atoms with Crippen LogP contribution in [0, 0.1) is 5.92 Å². The minimum Gasteiger partial charge on any atom is -0.394 e. The summed E-state index contributed by atoms with van der Waals surface area (Å²) in [4.78, 5) is 17.7. The lowest BCUT2D eigenvalue weighted by molar-refractivity contribution is 0.0354. The predicted octanol–water partition coefficient (Wildman–Crippen LogP) is 3.16. The maximum Gasteiger partial charge on any atom is 0.270 e. The zero-order valence-electron chi connectivity index (χ0n) is 12.0. The van der Waals surface area contributed by atoms with E-state index in [1.165, 1.54) is 0 Å². The van der Waals surface area contributed by atoms with Gasteiger partial charge in [0.15, 0.2) is 0 Å². The lowest BCUT2D eigenvalue weighted by atomic mass is 9.91. The second kappa shape index (κ2) is 5.81. The number of amides is 1. The van der Waals surface area contributed by atoms with Crippen LogP contribution >= 0.6 is 15.9 Å². The summed E-state index contributed by atoms with van der Waals surface area (Å²) in [7, 11) is 0. The number of fused-ring (bicyclic) bond motifs is 1. The number of rotatable bonds is 2. The number of aromatic nitrogens is 1. The van der Waals surface area contributed by atoms with Crippen LogP contribution < -0.4 is 0 Å². The van der Waals surface area contributed by atoms with Crippen molar-refractivity contribution in [1.82, 2.24) is 9.88 Å². The third-order valence-electron chi connectivity index (χ3n) is 4.38. The van der Waals surface area contributed by atoms with Gasteiger partial charge >= 0.3 is 0 Å². The Kier molecular flexibility index (Phi) is 4.04. The SMILES string of the molecule is CC1CCCN(C(=O)c2cc3ccc(Br)cc3[nH]2)C1CO. The predicted molar refractivity (Wildman–Crippen MR) is 86.3 cm³/mol. The highest BCUT2D eigenvalue weighted by atomic mass is 79.9. The Hall–Kier alpha value is -1.33. The number of nitrogens with one attached hydrogen (secondary N) is 1. The number of hydrogen-bond donors (Lipinski definition) is 2. The van der Waals surface area contributed by atoms with Crippen LogP contribution in [0.4, 0.5) is 0 Å². The molecular formula is C16H19BrN2O2. The molecule has 1 saturated heterocycles. The van der Waals surface area contributed by atoms with Crippen molar-refractivity contribution >= 4 is 32.7 Å². The summed E-state index contributed by atoms with van der Waals surface area (Å²) in [5.74, 6) is 0.319. The topological polar surface area (TPSA) is 56.3 Å². The van der Waals surface area contributed by atoms with Crippen LogP contribution in [0.3, 0.4) is 0 Å². The molecule has 0 bridgehead atoms. The molecular weight excluding hydrogens is 332 g/mol. The third-order valence-corrected chi connectivity index (χ3v) is 4.87. The second-order valence-corrected chi connectivity index (χ2v) is 6.70. The summed E-state index contributed by atoms with van der Waals surface area (Å²) in [5, 5.41) is 10.6. The summed E-state index contributed by atoms with van der Waals surface area (Å²) in [6.45, 7) is 2.84. The lowest BCUT2D eigenvalue weighted by Gasteiger charge is -2.38. The zero-order valence-corrected chi connectivity index (χ0v) is 13.6. The Morgan fingerprint density at radius 3 is 3.05 bits per heavy atom. The van der Waals surface area contributed by atoms with Gasteiger partial charge in [-0.25, -0.2) is 0 Å². The first-order chi connectivity index (χ1) is 10.1. The normalized spacial score (nSPS) is 22.7. The smallest absolute Gasteiger partial charge is 0.270 e. The number of halogens is 1. The van der Waals surface area contributed by atoms with Crippen LogP contribution in [0.25, 0.3) is 10.9 Å². The Labute approximate surface area is 132 Å². The molecule has 0 saturated carbocycles. The van der Waals surface area contributed by atoms with Gasteiger partial charge in [-0.2, -0.15) is 0 Å². The summed E-state index contributed by atoms with van der Waals surface area (Å²) >= 11 is 3.44. The first-order valence-electron chi connectivity index (χ1n) is 7.30. The largest absolute Gasteiger partial charge is 0.394 e. The number of nitrogens with zero attached hydrogens (tertiary/aromatic N) is 1. The zero-order chi connectivity index (χ0) is 15.0. The molecule has 2 atom stereocenters. The maximum atomic E-state index is 12.7. The highest BCUT2D eigenvalue weighted by molar-refractivity contribution is 9.10. The highest BCUT2D eigenvalue weighted by Crippen LogP contribution is 2.26. The maximum absolute atomic E-state index is 12.7. The van der Waals surface area contributed by atoms with Crippen molar-refractivity contribution in [2.45, 2.75) is 25.8 Å². The van der Waals surface area contributed by atoms with E-state index in [4.69, 9.17) is 0 Å². The van der Waals surface area contributed by atoms with Gasteiger partial charge in [0.25, 0.3) is 5.91 Å². The van der Waals surface area contributed by atoms with E-state index < -0.39 is 0 Å². The summed E-state index contributed by atoms with van der Waals surface area (Å²) in [5.41, 5.74) is 1.54. The number of carbonyl (C=O) groups excluding carboxylic acids is 1. The van der Waals surface area contributed by atoms with E-state index in [1.807, 2.05) is 29.2 Å². The van der Waals surface area contributed by atoms with Gasteiger partial charge < -0.3 is 15.0 Å². The quantitative estimate of drug-likeness (QED) is 0.873. The number of aliphatic hydroxyl groups is 1. The van der Waals surface area contributed by atoms with Gasteiger partial charge in [0.2, 0.25) is 0 Å². The van der Waals surface area contributed by atoms with Crippen molar-refractivity contribution in [2.24, 2.45) is 5.92 Å². The number of H-pyrrole nitrogens is 1. The molecule has 4 nitrogen and oxygen atoms in total. The minimum atomic E-state index is -0.0793. The molecule has 5 heteroatoms. The van der Waals surface area contributed by atoms with Crippen molar-refractivity contribution in [2.75, 3.05) is 13.2 Å². The van der Waals surface area contributed by atoms with E-state index in [1.54, 1.807) is 0 Å². The van der Waals surface area contributed by atoms with E-state index in [9.17, 15) is 9.90 Å². The molecule has 1 aromatic carbocycles. The molecule has 2 aromatic rings. The molecule has 1 aliphatic heterocycles. The van der Waals surface area contributed by atoms with Crippen LogP contribution in [-0.2, 0) is 0 Å². The van der Waals surface area contributed by atoms with Crippen molar-refractivity contribution < 1.29 is 9.90 Å². The molecule has 0 radical (unpaired) electrons. The molecule has 112 valence electrons. The molecule has 1 aromatic heterocycles. The Balaban J connectivity index is 1.92. The first kappa shape index (κ1) is 14.6. The second-order valence-electron chi connectivity index (χ2n) is 5.78. The van der Waals surface area contributed by atoms with Crippen LogP contribution in [0.15, 0.2) is 28.7 Å². The van der Waals surface area contributed by atoms with Gasteiger partial charge in [0.1, 0.15) is 5.69 Å². The number of aromatic amines is 1. The van der Waals surface area contributed by atoms with Crippen LogP contribution in [0.5, 0.6) is 0 Å². The van der Waals surface area contributed by atoms with Gasteiger partial charge in [-0.1, -0.05) is 28.9 Å². The monoisotopic (exact) mass is 350 g/mol. The Morgan fingerprint density at radius 2 is 2.29 bits per heavy atom. The summed E-state index contributed by atoms with van der Waals surface area (Å²) in [6, 6.07) is 7.72. The molecule has 2 N–H and O–H groups in total. The van der Waals surface area contributed by atoms with Gasteiger partial charge in [-0.15, -0.1) is 0 Å². The number of aliphatic hydroxyl groups excluding tert-OH is 1. The molecule has 2 heterocycles. The van der Waals surface area contributed by atoms with Crippen molar-refractivity contribution in [3.63, 3.8) is 0 Å². The van der Waals surface area contributed by atoms with E-state index in [2.05, 4.69) is 27.8 Å².